The van der Waals surface area contributed by atoms with E-state index >= 15 is 0 Å². The number of hydrogen-bond acceptors (Lipinski definition) is 5. The summed E-state index contributed by atoms with van der Waals surface area (Å²) in [7, 11) is 0. The van der Waals surface area contributed by atoms with Gasteiger partial charge in [0.25, 0.3) is 0 Å². The fourth-order valence-corrected chi connectivity index (χ4v) is 8.17. The molecule has 0 amide bonds. The van der Waals surface area contributed by atoms with Crippen LogP contribution < -0.4 is 0 Å². The number of ketones is 2. The molecule has 4 aliphatic rings. The first-order valence-electron chi connectivity index (χ1n) is 10.4. The van der Waals surface area contributed by atoms with Crippen molar-refractivity contribution in [1.29, 1.82) is 0 Å². The van der Waals surface area contributed by atoms with Gasteiger partial charge in [-0.25, -0.2) is 0 Å². The van der Waals surface area contributed by atoms with E-state index in [1.807, 2.05) is 13.8 Å². The highest BCUT2D eigenvalue weighted by Gasteiger charge is 2.74. The summed E-state index contributed by atoms with van der Waals surface area (Å²) >= 11 is 7.35. The molecular formula is C22H31ClO5. The number of fused-ring (bicyclic) bond motifs is 5. The molecule has 0 radical (unpaired) electrons. The van der Waals surface area contributed by atoms with Crippen molar-refractivity contribution >= 4 is 23.2 Å². The minimum absolute atomic E-state index is 0.0279. The van der Waals surface area contributed by atoms with Crippen LogP contribution in [0.25, 0.3) is 0 Å². The molecule has 0 heterocycles. The Morgan fingerprint density at radius 3 is 2.61 bits per heavy atom. The van der Waals surface area contributed by atoms with E-state index in [-0.39, 0.29) is 30.0 Å². The molecule has 0 spiro atoms. The third kappa shape index (κ3) is 2.14. The van der Waals surface area contributed by atoms with Crippen LogP contribution in [0, 0.1) is 28.6 Å². The second kappa shape index (κ2) is 6.13. The molecule has 156 valence electrons. The van der Waals surface area contributed by atoms with Gasteiger partial charge in [-0.1, -0.05) is 26.3 Å². The smallest absolute Gasteiger partial charge is 0.190 e. The highest BCUT2D eigenvalue weighted by Crippen LogP contribution is 2.71. The van der Waals surface area contributed by atoms with Crippen LogP contribution in [0.3, 0.4) is 0 Å². The number of hydrogen-bond donors (Lipinski definition) is 3. The van der Waals surface area contributed by atoms with E-state index in [1.165, 1.54) is 0 Å². The lowest BCUT2D eigenvalue weighted by atomic mass is 9.45. The van der Waals surface area contributed by atoms with Crippen molar-refractivity contribution in [3.05, 3.63) is 11.6 Å². The van der Waals surface area contributed by atoms with E-state index in [4.69, 9.17) is 11.6 Å². The zero-order valence-corrected chi connectivity index (χ0v) is 17.6. The van der Waals surface area contributed by atoms with Crippen molar-refractivity contribution < 1.29 is 24.9 Å². The minimum atomic E-state index is -1.66. The molecule has 5 nitrogen and oxygen atoms in total. The number of halogens is 1. The maximum Gasteiger partial charge on any atom is 0.190 e. The van der Waals surface area contributed by atoms with Crippen LogP contribution in [-0.4, -0.2) is 50.1 Å². The van der Waals surface area contributed by atoms with Crippen LogP contribution in [0.15, 0.2) is 11.6 Å². The number of rotatable bonds is 2. The van der Waals surface area contributed by atoms with E-state index in [2.05, 4.69) is 6.92 Å². The summed E-state index contributed by atoms with van der Waals surface area (Å²) < 4.78 is 0. The molecule has 3 fully saturated rings. The summed E-state index contributed by atoms with van der Waals surface area (Å²) in [5.74, 6) is -0.851. The molecule has 0 aliphatic heterocycles. The molecule has 0 bridgehead atoms. The summed E-state index contributed by atoms with van der Waals surface area (Å²) in [6, 6.07) is 0. The Balaban J connectivity index is 1.83. The van der Waals surface area contributed by atoms with Gasteiger partial charge in [-0.05, 0) is 55.9 Å². The third-order valence-electron chi connectivity index (χ3n) is 9.19. The van der Waals surface area contributed by atoms with Gasteiger partial charge in [0.2, 0.25) is 0 Å². The molecule has 4 rings (SSSR count). The fourth-order valence-electron chi connectivity index (χ4n) is 7.62. The Bertz CT molecular complexity index is 764. The van der Waals surface area contributed by atoms with Crippen LogP contribution >= 0.6 is 11.6 Å². The molecule has 0 saturated heterocycles. The highest BCUT2D eigenvalue weighted by atomic mass is 35.5. The Kier molecular flexibility index (Phi) is 4.49. The monoisotopic (exact) mass is 410 g/mol. The van der Waals surface area contributed by atoms with Gasteiger partial charge in [0.15, 0.2) is 11.6 Å². The number of allylic oxidation sites excluding steroid dienone is 1. The van der Waals surface area contributed by atoms with E-state index in [0.29, 0.717) is 19.3 Å². The van der Waals surface area contributed by atoms with Crippen molar-refractivity contribution in [2.24, 2.45) is 28.6 Å². The van der Waals surface area contributed by atoms with Crippen LogP contribution in [0.2, 0.25) is 0 Å². The average molecular weight is 411 g/mol. The standard InChI is InChI=1S/C22H31ClO5/c1-12-8-16-15-5-4-13-9-14(25)6-7-19(13,2)21(15,23)17(26)10-20(16,3)22(12,28)18(27)11-24/h9,12,15-17,24,26,28H,4-8,10-11H2,1-3H3/t12?,15-,16-,17?,19-,20-,21-,22-/m0/s1. The third-order valence-corrected chi connectivity index (χ3v) is 10.1. The lowest BCUT2D eigenvalue weighted by Gasteiger charge is -2.64. The number of carbonyl (C=O) groups is 2. The largest absolute Gasteiger partial charge is 0.391 e. The molecule has 3 N–H and O–H groups in total. The molecule has 6 heteroatoms. The minimum Gasteiger partial charge on any atom is -0.391 e. The fraction of sp³-hybridized carbons (Fsp3) is 0.818. The van der Waals surface area contributed by atoms with Crippen LogP contribution in [0.4, 0.5) is 0 Å². The van der Waals surface area contributed by atoms with Crippen molar-refractivity contribution in [2.75, 3.05) is 6.61 Å². The molecule has 0 aromatic rings. The number of alkyl halides is 1. The second-order valence-electron chi connectivity index (χ2n) is 10.1. The molecule has 4 aliphatic carbocycles. The Morgan fingerprint density at radius 2 is 1.96 bits per heavy atom. The van der Waals surface area contributed by atoms with Crippen LogP contribution in [-0.2, 0) is 9.59 Å². The van der Waals surface area contributed by atoms with Crippen molar-refractivity contribution in [3.63, 3.8) is 0 Å². The summed E-state index contributed by atoms with van der Waals surface area (Å²) in [5.41, 5.74) is -1.94. The van der Waals surface area contributed by atoms with Crippen molar-refractivity contribution in [2.45, 2.75) is 75.9 Å². The van der Waals surface area contributed by atoms with Crippen LogP contribution in [0.1, 0.15) is 59.3 Å². The quantitative estimate of drug-likeness (QED) is 0.607. The lowest BCUT2D eigenvalue weighted by Crippen LogP contribution is -2.69. The number of carbonyl (C=O) groups excluding carboxylic acids is 2. The summed E-state index contributed by atoms with van der Waals surface area (Å²) in [6.07, 6.45) is 4.19. The van der Waals surface area contributed by atoms with Gasteiger partial charge in [0.1, 0.15) is 12.2 Å². The summed E-state index contributed by atoms with van der Waals surface area (Å²) in [6.45, 7) is 5.10. The lowest BCUT2D eigenvalue weighted by molar-refractivity contribution is -0.181. The SMILES string of the molecule is CC1C[C@H]2[C@@H]3CCC4=CC(=O)CC[C@]4(C)[C@@]3(Cl)C(O)C[C@]2(C)[C@@]1(O)C(=O)CO. The number of aliphatic hydroxyl groups excluding tert-OH is 2. The molecule has 0 aromatic heterocycles. The first-order chi connectivity index (χ1) is 13.0. The Morgan fingerprint density at radius 1 is 1.29 bits per heavy atom. The van der Waals surface area contributed by atoms with Gasteiger partial charge in [0.05, 0.1) is 11.0 Å². The van der Waals surface area contributed by atoms with E-state index in [1.54, 1.807) is 6.08 Å². The molecular weight excluding hydrogens is 380 g/mol. The maximum absolute atomic E-state index is 12.6. The van der Waals surface area contributed by atoms with Gasteiger partial charge < -0.3 is 15.3 Å². The Labute approximate surface area is 171 Å². The first-order valence-corrected chi connectivity index (χ1v) is 10.8. The first kappa shape index (κ1) is 20.5. The van der Waals surface area contributed by atoms with Gasteiger partial charge in [-0.3, -0.25) is 9.59 Å². The van der Waals surface area contributed by atoms with Crippen molar-refractivity contribution in [3.8, 4) is 0 Å². The predicted molar refractivity (Wildman–Crippen MR) is 105 cm³/mol. The zero-order chi connectivity index (χ0) is 20.7. The van der Waals surface area contributed by atoms with Gasteiger partial charge >= 0.3 is 0 Å². The summed E-state index contributed by atoms with van der Waals surface area (Å²) in [5, 5.41) is 32.4. The highest BCUT2D eigenvalue weighted by molar-refractivity contribution is 6.26. The molecule has 3 saturated carbocycles. The number of Topliss-reactive ketones (excluding diaryl/α,β-unsaturated/α-hetero) is 1. The van der Waals surface area contributed by atoms with Crippen LogP contribution in [0.5, 0.6) is 0 Å². The van der Waals surface area contributed by atoms with Gasteiger partial charge in [-0.2, -0.15) is 0 Å². The normalized spacial score (nSPS) is 53.1. The topological polar surface area (TPSA) is 94.8 Å². The molecule has 2 unspecified atom stereocenters. The zero-order valence-electron chi connectivity index (χ0n) is 16.9. The van der Waals surface area contributed by atoms with Gasteiger partial charge in [0, 0.05) is 17.3 Å². The van der Waals surface area contributed by atoms with Gasteiger partial charge in [-0.15, -0.1) is 11.6 Å². The molecule has 28 heavy (non-hydrogen) atoms. The van der Waals surface area contributed by atoms with E-state index in [9.17, 15) is 24.9 Å². The molecule has 8 atom stereocenters. The maximum atomic E-state index is 12.6. The summed E-state index contributed by atoms with van der Waals surface area (Å²) in [4.78, 5) is 23.7. The van der Waals surface area contributed by atoms with E-state index < -0.39 is 39.8 Å². The number of aliphatic hydroxyl groups is 3. The second-order valence-corrected chi connectivity index (χ2v) is 10.7. The van der Waals surface area contributed by atoms with Crippen molar-refractivity contribution in [1.82, 2.24) is 0 Å². The Hall–Kier alpha value is -0.750. The predicted octanol–water partition coefficient (Wildman–Crippen LogP) is 2.39. The van der Waals surface area contributed by atoms with E-state index in [0.717, 1.165) is 18.4 Å². The average Bonchev–Trinajstić information content (AvgIpc) is 2.84. The molecule has 0 aromatic carbocycles.